The Labute approximate surface area is 268 Å². The topological polar surface area (TPSA) is 159 Å². The molecule has 0 unspecified atom stereocenters. The summed E-state index contributed by atoms with van der Waals surface area (Å²) >= 11 is 0. The minimum absolute atomic E-state index is 0.0911. The molecule has 1 aromatic carbocycles. The van der Waals surface area contributed by atoms with Crippen molar-refractivity contribution in [2.24, 2.45) is 0 Å². The summed E-state index contributed by atoms with van der Waals surface area (Å²) in [5.41, 5.74) is 0.986. The number of carboxylic acid groups (broad SMARTS) is 1. The first kappa shape index (κ1) is 34.2. The SMILES string of the molecule is CCCCCOC(=O)N1CCN(C(=O)[C@H](CCC(=O)O)NC(=O)c2cc(OC(=O)N3CCCCC3)cc(-c3ccccc3)n2)CC1. The summed E-state index contributed by atoms with van der Waals surface area (Å²) in [5, 5.41) is 12.0. The van der Waals surface area contributed by atoms with Crippen molar-refractivity contribution in [3.63, 3.8) is 0 Å². The lowest BCUT2D eigenvalue weighted by molar-refractivity contribution is -0.138. The molecule has 4 amide bonds. The molecule has 2 aromatic rings. The number of ether oxygens (including phenoxy) is 2. The highest BCUT2D eigenvalue weighted by molar-refractivity contribution is 5.97. The van der Waals surface area contributed by atoms with Crippen molar-refractivity contribution in [2.75, 3.05) is 45.9 Å². The van der Waals surface area contributed by atoms with Gasteiger partial charge in [-0.1, -0.05) is 50.1 Å². The van der Waals surface area contributed by atoms with Crippen LogP contribution in [0.4, 0.5) is 9.59 Å². The number of hydrogen-bond acceptors (Lipinski definition) is 8. The van der Waals surface area contributed by atoms with Crippen LogP contribution >= 0.6 is 0 Å². The molecule has 2 N–H and O–H groups in total. The first-order valence-electron chi connectivity index (χ1n) is 16.0. The number of hydrogen-bond donors (Lipinski definition) is 2. The van der Waals surface area contributed by atoms with Crippen molar-refractivity contribution in [1.29, 1.82) is 0 Å². The van der Waals surface area contributed by atoms with Crippen LogP contribution in [0.5, 0.6) is 5.75 Å². The summed E-state index contributed by atoms with van der Waals surface area (Å²) in [7, 11) is 0. The van der Waals surface area contributed by atoms with Crippen LogP contribution in [-0.2, 0) is 14.3 Å². The first-order valence-corrected chi connectivity index (χ1v) is 16.0. The predicted octanol–water partition coefficient (Wildman–Crippen LogP) is 4.17. The van der Waals surface area contributed by atoms with Gasteiger partial charge in [0.15, 0.2) is 0 Å². The maximum absolute atomic E-state index is 13.6. The largest absolute Gasteiger partial charge is 0.481 e. The fourth-order valence-electron chi connectivity index (χ4n) is 5.37. The van der Waals surface area contributed by atoms with E-state index in [1.54, 1.807) is 23.1 Å². The molecule has 0 spiro atoms. The number of nitrogens with zero attached hydrogens (tertiary/aromatic N) is 4. The molecule has 248 valence electrons. The third kappa shape index (κ3) is 9.91. The molecule has 13 heteroatoms. The van der Waals surface area contributed by atoms with E-state index in [0.29, 0.717) is 31.0 Å². The third-order valence-corrected chi connectivity index (χ3v) is 7.99. The average molecular weight is 638 g/mol. The Morgan fingerprint density at radius 2 is 1.54 bits per heavy atom. The van der Waals surface area contributed by atoms with E-state index in [0.717, 1.165) is 38.5 Å². The number of likely N-dealkylation sites (tertiary alicyclic amines) is 1. The van der Waals surface area contributed by atoms with Crippen molar-refractivity contribution < 1.29 is 38.6 Å². The lowest BCUT2D eigenvalue weighted by Gasteiger charge is -2.36. The van der Waals surface area contributed by atoms with Gasteiger partial charge in [-0.15, -0.1) is 0 Å². The number of amides is 4. The van der Waals surface area contributed by atoms with Crippen LogP contribution in [0.25, 0.3) is 11.3 Å². The monoisotopic (exact) mass is 637 g/mol. The normalized spacial score (nSPS) is 15.5. The molecule has 3 heterocycles. The number of nitrogens with one attached hydrogen (secondary N) is 1. The van der Waals surface area contributed by atoms with E-state index in [1.165, 1.54) is 15.9 Å². The van der Waals surface area contributed by atoms with Crippen LogP contribution in [-0.4, -0.2) is 107 Å². The number of piperazine rings is 1. The molecular formula is C33H43N5O8. The number of aliphatic carboxylic acids is 1. The van der Waals surface area contributed by atoms with Gasteiger partial charge in [0, 0.05) is 63.4 Å². The molecule has 1 atom stereocenters. The maximum Gasteiger partial charge on any atom is 0.415 e. The highest BCUT2D eigenvalue weighted by Gasteiger charge is 2.31. The molecule has 46 heavy (non-hydrogen) atoms. The summed E-state index contributed by atoms with van der Waals surface area (Å²) in [6.07, 6.45) is 4.15. The van der Waals surface area contributed by atoms with Crippen molar-refractivity contribution >= 4 is 30.0 Å². The number of rotatable bonds is 12. The van der Waals surface area contributed by atoms with Gasteiger partial charge in [0.25, 0.3) is 5.91 Å². The van der Waals surface area contributed by atoms with E-state index in [2.05, 4.69) is 17.2 Å². The van der Waals surface area contributed by atoms with Gasteiger partial charge < -0.3 is 34.6 Å². The van der Waals surface area contributed by atoms with Crippen LogP contribution < -0.4 is 10.1 Å². The van der Waals surface area contributed by atoms with Crippen LogP contribution in [0, 0.1) is 0 Å². The standard InChI is InChI=1S/C33H43N5O8/c1-2-3-10-21-45-32(43)38-19-17-36(18-20-38)31(42)26(13-14-29(39)40)35-30(41)28-23-25(46-33(44)37-15-8-5-9-16-37)22-27(34-28)24-11-6-4-7-12-24/h4,6-7,11-12,22-23,26H,2-3,5,8-10,13-21H2,1H3,(H,35,41)(H,39,40)/t26-/m0/s1. The predicted molar refractivity (Wildman–Crippen MR) is 168 cm³/mol. The van der Waals surface area contributed by atoms with Gasteiger partial charge in [-0.2, -0.15) is 0 Å². The van der Waals surface area contributed by atoms with Crippen molar-refractivity contribution in [1.82, 2.24) is 25.0 Å². The average Bonchev–Trinajstić information content (AvgIpc) is 3.08. The number of pyridine rings is 1. The molecule has 1 aromatic heterocycles. The number of aromatic nitrogens is 1. The highest BCUT2D eigenvalue weighted by Crippen LogP contribution is 2.25. The molecule has 0 aliphatic carbocycles. The van der Waals surface area contributed by atoms with Crippen molar-refractivity contribution in [2.45, 2.75) is 64.3 Å². The number of unbranched alkanes of at least 4 members (excludes halogenated alkanes) is 2. The van der Waals surface area contributed by atoms with Gasteiger partial charge in [-0.25, -0.2) is 14.6 Å². The Morgan fingerprint density at radius 3 is 2.22 bits per heavy atom. The van der Waals surface area contributed by atoms with Gasteiger partial charge >= 0.3 is 18.2 Å². The van der Waals surface area contributed by atoms with E-state index < -0.39 is 36.0 Å². The Hall–Kier alpha value is -4.68. The lowest BCUT2D eigenvalue weighted by Crippen LogP contribution is -2.56. The fourth-order valence-corrected chi connectivity index (χ4v) is 5.37. The first-order chi connectivity index (χ1) is 22.2. The molecule has 4 rings (SSSR count). The van der Waals surface area contributed by atoms with Crippen LogP contribution in [0.2, 0.25) is 0 Å². The van der Waals surface area contributed by atoms with Crippen molar-refractivity contribution in [3.8, 4) is 17.0 Å². The maximum atomic E-state index is 13.6. The highest BCUT2D eigenvalue weighted by atomic mass is 16.6. The Kier molecular flexibility index (Phi) is 12.7. The van der Waals surface area contributed by atoms with Gasteiger partial charge in [-0.3, -0.25) is 14.4 Å². The van der Waals surface area contributed by atoms with Gasteiger partial charge in [0.05, 0.1) is 12.3 Å². The Morgan fingerprint density at radius 1 is 0.870 bits per heavy atom. The fraction of sp³-hybridized carbons (Fsp3) is 0.515. The van der Waals surface area contributed by atoms with E-state index in [9.17, 15) is 29.1 Å². The molecular weight excluding hydrogens is 594 g/mol. The number of carboxylic acids is 1. The van der Waals surface area contributed by atoms with E-state index >= 15 is 0 Å². The number of carbonyl (C=O) groups is 5. The molecule has 2 fully saturated rings. The number of piperidine rings is 1. The summed E-state index contributed by atoms with van der Waals surface area (Å²) in [4.78, 5) is 73.0. The van der Waals surface area contributed by atoms with Crippen LogP contribution in [0.15, 0.2) is 42.5 Å². The molecule has 13 nitrogen and oxygen atoms in total. The van der Waals surface area contributed by atoms with Gasteiger partial charge in [0.1, 0.15) is 17.5 Å². The zero-order chi connectivity index (χ0) is 32.9. The van der Waals surface area contributed by atoms with E-state index in [-0.39, 0.29) is 50.5 Å². The summed E-state index contributed by atoms with van der Waals surface area (Å²) in [6, 6.07) is 10.8. The molecule has 0 radical (unpaired) electrons. The van der Waals surface area contributed by atoms with E-state index in [4.69, 9.17) is 9.47 Å². The molecule has 0 saturated carbocycles. The van der Waals surface area contributed by atoms with Crippen molar-refractivity contribution in [3.05, 3.63) is 48.2 Å². The van der Waals surface area contributed by atoms with Crippen LogP contribution in [0.1, 0.15) is 68.8 Å². The zero-order valence-electron chi connectivity index (χ0n) is 26.3. The smallest absolute Gasteiger partial charge is 0.415 e. The quantitative estimate of drug-likeness (QED) is 0.326. The second-order valence-electron chi connectivity index (χ2n) is 11.4. The van der Waals surface area contributed by atoms with E-state index in [1.807, 2.05) is 18.2 Å². The molecule has 2 aliphatic rings. The third-order valence-electron chi connectivity index (χ3n) is 7.99. The minimum Gasteiger partial charge on any atom is -0.481 e. The second-order valence-corrected chi connectivity index (χ2v) is 11.4. The zero-order valence-corrected chi connectivity index (χ0v) is 26.3. The minimum atomic E-state index is -1.15. The molecule has 2 aliphatic heterocycles. The number of carbonyl (C=O) groups excluding carboxylic acids is 4. The summed E-state index contributed by atoms with van der Waals surface area (Å²) in [5.74, 6) is -2.16. The van der Waals surface area contributed by atoms with Crippen LogP contribution in [0.3, 0.4) is 0 Å². The Balaban J connectivity index is 1.47. The van der Waals surface area contributed by atoms with Gasteiger partial charge in [0.2, 0.25) is 5.91 Å². The summed E-state index contributed by atoms with van der Waals surface area (Å²) < 4.78 is 11.0. The molecule has 2 saturated heterocycles. The number of benzene rings is 1. The second kappa shape index (κ2) is 17.1. The summed E-state index contributed by atoms with van der Waals surface area (Å²) in [6.45, 7) is 4.51. The Bertz CT molecular complexity index is 1360. The molecule has 0 bridgehead atoms. The van der Waals surface area contributed by atoms with Gasteiger partial charge in [-0.05, 0) is 32.1 Å². The lowest BCUT2D eigenvalue weighted by atomic mass is 10.1.